The number of carbonyl (C=O) groups excluding carboxylic acids is 1. The monoisotopic (exact) mass is 325 g/mol. The Morgan fingerprint density at radius 3 is 2.68 bits per heavy atom. The molecule has 7 heteroatoms. The fourth-order valence-electron chi connectivity index (χ4n) is 2.94. The van der Waals surface area contributed by atoms with Crippen molar-refractivity contribution in [2.45, 2.75) is 25.5 Å². The van der Waals surface area contributed by atoms with Crippen molar-refractivity contribution >= 4 is 15.7 Å². The van der Waals surface area contributed by atoms with Crippen molar-refractivity contribution in [3.63, 3.8) is 0 Å². The summed E-state index contributed by atoms with van der Waals surface area (Å²) < 4.78 is 34.5. The van der Waals surface area contributed by atoms with E-state index in [1.165, 1.54) is 0 Å². The highest BCUT2D eigenvalue weighted by Crippen LogP contribution is 2.31. The average Bonchev–Trinajstić information content (AvgIpc) is 2.87. The fraction of sp³-hybridized carbons (Fsp3) is 0.533. The Hall–Kier alpha value is -1.76. The van der Waals surface area contributed by atoms with Gasteiger partial charge in [-0.1, -0.05) is 12.1 Å². The Labute approximate surface area is 129 Å². The van der Waals surface area contributed by atoms with Crippen LogP contribution >= 0.6 is 0 Å². The van der Waals surface area contributed by atoms with Crippen molar-refractivity contribution in [3.8, 4) is 11.5 Å². The number of rotatable bonds is 3. The molecule has 120 valence electrons. The molecule has 3 rings (SSSR count). The normalized spacial score (nSPS) is 25.7. The van der Waals surface area contributed by atoms with E-state index in [-0.39, 0.29) is 30.1 Å². The van der Waals surface area contributed by atoms with E-state index in [1.807, 2.05) is 19.1 Å². The Morgan fingerprint density at radius 1 is 1.32 bits per heavy atom. The number of hydrogen-bond acceptors (Lipinski definition) is 5. The van der Waals surface area contributed by atoms with E-state index in [9.17, 15) is 13.2 Å². The number of nitrogens with zero attached hydrogens (tertiary/aromatic N) is 1. The number of fused-ring (bicyclic) bond motifs is 1. The third kappa shape index (κ3) is 2.90. The van der Waals surface area contributed by atoms with Gasteiger partial charge >= 0.3 is 0 Å². The summed E-state index contributed by atoms with van der Waals surface area (Å²) in [6.07, 6.45) is -0.232. The van der Waals surface area contributed by atoms with E-state index in [0.717, 1.165) is 0 Å². The molecule has 1 aromatic carbocycles. The molecule has 0 bridgehead atoms. The summed E-state index contributed by atoms with van der Waals surface area (Å²) in [4.78, 5) is 14.3. The molecule has 2 heterocycles. The number of para-hydroxylation sites is 2. The van der Waals surface area contributed by atoms with Crippen LogP contribution in [0, 0.1) is 0 Å². The molecule has 22 heavy (non-hydrogen) atoms. The Morgan fingerprint density at radius 2 is 2.05 bits per heavy atom. The largest absolute Gasteiger partial charge is 0.485 e. The maximum atomic E-state index is 12.7. The van der Waals surface area contributed by atoms with Gasteiger partial charge in [-0.15, -0.1) is 0 Å². The molecule has 1 fully saturated rings. The van der Waals surface area contributed by atoms with Gasteiger partial charge in [0.05, 0.1) is 11.5 Å². The number of likely N-dealkylation sites (N-methyl/N-ethyl adjacent to an activating group) is 1. The third-order valence-electron chi connectivity index (χ3n) is 4.06. The zero-order chi connectivity index (χ0) is 15.7. The first kappa shape index (κ1) is 15.1. The van der Waals surface area contributed by atoms with Crippen molar-refractivity contribution in [1.82, 2.24) is 4.90 Å². The minimum atomic E-state index is -3.03. The van der Waals surface area contributed by atoms with Crippen molar-refractivity contribution in [3.05, 3.63) is 24.3 Å². The minimum absolute atomic E-state index is 0.0384. The average molecular weight is 325 g/mol. The predicted molar refractivity (Wildman–Crippen MR) is 80.8 cm³/mol. The Kier molecular flexibility index (Phi) is 3.99. The molecule has 0 saturated carbocycles. The van der Waals surface area contributed by atoms with E-state index in [4.69, 9.17) is 9.47 Å². The second-order valence-electron chi connectivity index (χ2n) is 5.55. The molecular weight excluding hydrogens is 306 g/mol. The smallest absolute Gasteiger partial charge is 0.267 e. The summed E-state index contributed by atoms with van der Waals surface area (Å²) in [6, 6.07) is 6.94. The summed E-state index contributed by atoms with van der Waals surface area (Å²) >= 11 is 0. The zero-order valence-corrected chi connectivity index (χ0v) is 13.2. The van der Waals surface area contributed by atoms with Crippen molar-refractivity contribution in [1.29, 1.82) is 0 Å². The van der Waals surface area contributed by atoms with Crippen LogP contribution in [0.3, 0.4) is 0 Å². The van der Waals surface area contributed by atoms with Crippen LogP contribution in [0.5, 0.6) is 11.5 Å². The molecule has 1 saturated heterocycles. The summed E-state index contributed by atoms with van der Waals surface area (Å²) in [6.45, 7) is 2.45. The van der Waals surface area contributed by atoms with Crippen LogP contribution in [0.1, 0.15) is 13.3 Å². The van der Waals surface area contributed by atoms with Gasteiger partial charge < -0.3 is 14.4 Å². The van der Waals surface area contributed by atoms with Gasteiger partial charge in [0.2, 0.25) is 6.10 Å². The number of ether oxygens (including phenoxy) is 2. The van der Waals surface area contributed by atoms with Gasteiger partial charge in [0.1, 0.15) is 6.61 Å². The van der Waals surface area contributed by atoms with Crippen LogP contribution in [-0.2, 0) is 14.6 Å². The number of hydrogen-bond donors (Lipinski definition) is 0. The molecule has 6 nitrogen and oxygen atoms in total. The van der Waals surface area contributed by atoms with Gasteiger partial charge in [0, 0.05) is 12.6 Å². The van der Waals surface area contributed by atoms with Gasteiger partial charge in [-0.25, -0.2) is 8.42 Å². The maximum absolute atomic E-state index is 12.7. The molecule has 0 N–H and O–H groups in total. The highest BCUT2D eigenvalue weighted by Gasteiger charge is 2.38. The van der Waals surface area contributed by atoms with Gasteiger partial charge in [0.25, 0.3) is 5.91 Å². The summed E-state index contributed by atoms with van der Waals surface area (Å²) in [5.41, 5.74) is 0. The number of amides is 1. The standard InChI is InChI=1S/C15H19NO5S/c1-2-16(11-7-8-22(18,19)10-11)15(17)14-9-20-12-5-3-4-6-13(12)21-14/h3-6,11,14H,2,7-10H2,1H3. The number of sulfone groups is 1. The molecule has 2 aliphatic rings. The lowest BCUT2D eigenvalue weighted by atomic mass is 10.2. The molecule has 2 atom stereocenters. The quantitative estimate of drug-likeness (QED) is 0.824. The van der Waals surface area contributed by atoms with Gasteiger partial charge in [-0.05, 0) is 25.5 Å². The van der Waals surface area contributed by atoms with Crippen molar-refractivity contribution in [2.75, 3.05) is 24.7 Å². The lowest BCUT2D eigenvalue weighted by Crippen LogP contribution is -2.50. The van der Waals surface area contributed by atoms with E-state index >= 15 is 0 Å². The molecular formula is C15H19NO5S. The van der Waals surface area contributed by atoms with Gasteiger partial charge in [0.15, 0.2) is 21.3 Å². The maximum Gasteiger partial charge on any atom is 0.267 e. The fourth-order valence-corrected chi connectivity index (χ4v) is 4.67. The second-order valence-corrected chi connectivity index (χ2v) is 7.77. The summed E-state index contributed by atoms with van der Waals surface area (Å²) in [5, 5.41) is 0. The van der Waals surface area contributed by atoms with Gasteiger partial charge in [-0.3, -0.25) is 4.79 Å². The second kappa shape index (κ2) is 5.79. The Balaban J connectivity index is 1.73. The van der Waals surface area contributed by atoms with Crippen LogP contribution in [0.25, 0.3) is 0 Å². The van der Waals surface area contributed by atoms with E-state index in [2.05, 4.69) is 0 Å². The summed E-state index contributed by atoms with van der Waals surface area (Å²) in [5.74, 6) is 1.14. The van der Waals surface area contributed by atoms with Crippen LogP contribution in [0.4, 0.5) is 0 Å². The SMILES string of the molecule is CCN(C(=O)C1COc2ccccc2O1)C1CCS(=O)(=O)C1. The number of carbonyl (C=O) groups is 1. The minimum Gasteiger partial charge on any atom is -0.485 e. The third-order valence-corrected chi connectivity index (χ3v) is 5.81. The van der Waals surface area contributed by atoms with Crippen molar-refractivity contribution < 1.29 is 22.7 Å². The molecule has 2 unspecified atom stereocenters. The first-order valence-corrected chi connectivity index (χ1v) is 9.21. The van der Waals surface area contributed by atoms with Crippen LogP contribution < -0.4 is 9.47 Å². The molecule has 2 aliphatic heterocycles. The van der Waals surface area contributed by atoms with Gasteiger partial charge in [-0.2, -0.15) is 0 Å². The molecule has 0 radical (unpaired) electrons. The van der Waals surface area contributed by atoms with Crippen LogP contribution in [0.15, 0.2) is 24.3 Å². The highest BCUT2D eigenvalue weighted by atomic mass is 32.2. The number of benzene rings is 1. The van der Waals surface area contributed by atoms with E-state index in [0.29, 0.717) is 24.5 Å². The summed E-state index contributed by atoms with van der Waals surface area (Å²) in [7, 11) is -3.03. The Bertz CT molecular complexity index is 672. The predicted octanol–water partition coefficient (Wildman–Crippen LogP) is 0.862. The first-order chi connectivity index (χ1) is 10.5. The molecule has 0 spiro atoms. The van der Waals surface area contributed by atoms with Crippen LogP contribution in [0.2, 0.25) is 0 Å². The molecule has 0 aliphatic carbocycles. The zero-order valence-electron chi connectivity index (χ0n) is 12.4. The lowest BCUT2D eigenvalue weighted by Gasteiger charge is -2.33. The van der Waals surface area contributed by atoms with E-state index in [1.54, 1.807) is 17.0 Å². The molecule has 1 aromatic rings. The van der Waals surface area contributed by atoms with Crippen LogP contribution in [-0.4, -0.2) is 56.0 Å². The molecule has 1 amide bonds. The highest BCUT2D eigenvalue weighted by molar-refractivity contribution is 7.91. The lowest BCUT2D eigenvalue weighted by molar-refractivity contribution is -0.142. The van der Waals surface area contributed by atoms with Crippen molar-refractivity contribution in [2.24, 2.45) is 0 Å². The molecule has 0 aromatic heterocycles. The first-order valence-electron chi connectivity index (χ1n) is 7.39. The van der Waals surface area contributed by atoms with E-state index < -0.39 is 15.9 Å². The topological polar surface area (TPSA) is 72.9 Å².